The lowest BCUT2D eigenvalue weighted by atomic mass is 10.0. The van der Waals surface area contributed by atoms with Crippen molar-refractivity contribution in [2.45, 2.75) is 220 Å². The Labute approximate surface area is 280 Å². The van der Waals surface area contributed by atoms with Crippen LogP contribution in [-0.4, -0.2) is 36.4 Å². The van der Waals surface area contributed by atoms with Crippen molar-refractivity contribution in [1.29, 1.82) is 0 Å². The zero-order valence-electron chi connectivity index (χ0n) is 30.7. The molecule has 0 aliphatic rings. The molecule has 0 aromatic rings. The molecule has 268 valence electrons. The van der Waals surface area contributed by atoms with Gasteiger partial charge in [0.1, 0.15) is 6.61 Å². The molecular weight excluding hydrogens is 560 g/mol. The fourth-order valence-electron chi connectivity index (χ4n) is 5.98. The van der Waals surface area contributed by atoms with Gasteiger partial charge in [-0.2, -0.15) is 0 Å². The first kappa shape index (κ1) is 43.9. The number of ether oxygens (including phenoxy) is 2. The summed E-state index contributed by atoms with van der Waals surface area (Å²) in [5.41, 5.74) is 0. The van der Waals surface area contributed by atoms with E-state index in [1.54, 1.807) is 0 Å². The molecule has 0 saturated heterocycles. The number of aliphatic hydroxyl groups is 1. The second-order valence-corrected chi connectivity index (χ2v) is 14.7. The second kappa shape index (κ2) is 34.2. The fraction of sp³-hybridized carbons (Fsp3) is 0.950. The third kappa shape index (κ3) is 35.6. The molecule has 0 radical (unpaired) electrons. The average Bonchev–Trinajstić information content (AvgIpc) is 3.00. The van der Waals surface area contributed by atoms with Crippen molar-refractivity contribution in [2.75, 3.05) is 13.2 Å². The SMILES string of the molecule is CC(C)CCCCCCCCCCCCCCCC(=O)OC[C@H](CO)OC(=O)CCCCCCCCCCCCCCC(C)C. The standard InChI is InChI=1S/C40H78O5/c1-36(2)30-26-22-18-14-10-6-5-7-12-16-20-24-28-32-39(42)44-35-38(34-41)45-40(43)33-29-25-21-17-13-9-8-11-15-19-23-27-31-37(3)4/h36-38,41H,5-35H2,1-4H3/t38-/m0/s1. The molecule has 1 atom stereocenters. The molecule has 5 nitrogen and oxygen atoms in total. The maximum atomic E-state index is 12.2. The maximum absolute atomic E-state index is 12.2. The van der Waals surface area contributed by atoms with Crippen LogP contribution in [0.4, 0.5) is 0 Å². The first-order valence-corrected chi connectivity index (χ1v) is 19.8. The number of rotatable bonds is 35. The Balaban J connectivity index is 3.50. The molecule has 5 heteroatoms. The van der Waals surface area contributed by atoms with E-state index in [0.29, 0.717) is 12.8 Å². The average molecular weight is 639 g/mol. The monoisotopic (exact) mass is 639 g/mol. The van der Waals surface area contributed by atoms with Gasteiger partial charge < -0.3 is 14.6 Å². The molecule has 1 N–H and O–H groups in total. The maximum Gasteiger partial charge on any atom is 0.306 e. The van der Waals surface area contributed by atoms with Crippen LogP contribution in [0, 0.1) is 11.8 Å². The Morgan fingerprint density at radius 2 is 0.733 bits per heavy atom. The Hall–Kier alpha value is -1.10. The Morgan fingerprint density at radius 3 is 1.04 bits per heavy atom. The highest BCUT2D eigenvalue weighted by Gasteiger charge is 2.16. The molecular formula is C40H78O5. The van der Waals surface area contributed by atoms with Gasteiger partial charge in [-0.1, -0.05) is 188 Å². The predicted octanol–water partition coefficient (Wildman–Crippen LogP) is 12.1. The van der Waals surface area contributed by atoms with Crippen molar-refractivity contribution < 1.29 is 24.2 Å². The van der Waals surface area contributed by atoms with Crippen molar-refractivity contribution >= 4 is 11.9 Å². The van der Waals surface area contributed by atoms with Crippen molar-refractivity contribution in [3.63, 3.8) is 0 Å². The molecule has 0 unspecified atom stereocenters. The van der Waals surface area contributed by atoms with Crippen LogP contribution in [0.3, 0.4) is 0 Å². The van der Waals surface area contributed by atoms with E-state index in [0.717, 1.165) is 43.9 Å². The normalized spacial score (nSPS) is 12.2. The van der Waals surface area contributed by atoms with Crippen LogP contribution >= 0.6 is 0 Å². The van der Waals surface area contributed by atoms with Crippen LogP contribution in [0.25, 0.3) is 0 Å². The molecule has 0 aromatic carbocycles. The topological polar surface area (TPSA) is 72.8 Å². The predicted molar refractivity (Wildman–Crippen MR) is 191 cm³/mol. The number of unbranched alkanes of at least 4 members (excludes halogenated alkanes) is 23. The quantitative estimate of drug-likeness (QED) is 0.0552. The van der Waals surface area contributed by atoms with E-state index in [1.807, 2.05) is 0 Å². The van der Waals surface area contributed by atoms with E-state index in [2.05, 4.69) is 27.7 Å². The molecule has 0 bridgehead atoms. The van der Waals surface area contributed by atoms with Crippen LogP contribution in [0.5, 0.6) is 0 Å². The number of hydrogen-bond donors (Lipinski definition) is 1. The lowest BCUT2D eigenvalue weighted by Gasteiger charge is -2.15. The van der Waals surface area contributed by atoms with Crippen LogP contribution in [-0.2, 0) is 19.1 Å². The van der Waals surface area contributed by atoms with E-state index < -0.39 is 6.10 Å². The summed E-state index contributed by atoms with van der Waals surface area (Å²) in [7, 11) is 0. The molecule has 0 saturated carbocycles. The molecule has 0 spiro atoms. The number of carbonyl (C=O) groups is 2. The highest BCUT2D eigenvalue weighted by atomic mass is 16.6. The minimum absolute atomic E-state index is 0.0586. The summed E-state index contributed by atoms with van der Waals surface area (Å²) in [6.45, 7) is 8.86. The minimum atomic E-state index is -0.762. The first-order chi connectivity index (χ1) is 21.8. The summed E-state index contributed by atoms with van der Waals surface area (Å²) in [6.07, 6.45) is 34.5. The second-order valence-electron chi connectivity index (χ2n) is 14.7. The third-order valence-corrected chi connectivity index (χ3v) is 9.01. The zero-order chi connectivity index (χ0) is 33.2. The van der Waals surface area contributed by atoms with Gasteiger partial charge in [-0.05, 0) is 24.7 Å². The van der Waals surface area contributed by atoms with Crippen molar-refractivity contribution in [2.24, 2.45) is 11.8 Å². The van der Waals surface area contributed by atoms with Gasteiger partial charge in [-0.25, -0.2) is 0 Å². The van der Waals surface area contributed by atoms with E-state index in [1.165, 1.54) is 141 Å². The molecule has 0 heterocycles. The van der Waals surface area contributed by atoms with Gasteiger partial charge in [0, 0.05) is 12.8 Å². The summed E-state index contributed by atoms with van der Waals surface area (Å²) < 4.78 is 10.6. The molecule has 0 rings (SSSR count). The molecule has 0 aliphatic heterocycles. The highest BCUT2D eigenvalue weighted by molar-refractivity contribution is 5.70. The van der Waals surface area contributed by atoms with Crippen LogP contribution in [0.1, 0.15) is 214 Å². The third-order valence-electron chi connectivity index (χ3n) is 9.01. The summed E-state index contributed by atoms with van der Waals surface area (Å²) in [6, 6.07) is 0. The van der Waals surface area contributed by atoms with Crippen molar-refractivity contribution in [1.82, 2.24) is 0 Å². The van der Waals surface area contributed by atoms with Gasteiger partial charge >= 0.3 is 11.9 Å². The fourth-order valence-corrected chi connectivity index (χ4v) is 5.98. The Bertz CT molecular complexity index is 632. The molecule has 0 aromatic heterocycles. The van der Waals surface area contributed by atoms with Crippen molar-refractivity contribution in [3.05, 3.63) is 0 Å². The van der Waals surface area contributed by atoms with E-state index in [4.69, 9.17) is 9.47 Å². The van der Waals surface area contributed by atoms with Gasteiger partial charge in [-0.15, -0.1) is 0 Å². The van der Waals surface area contributed by atoms with Crippen LogP contribution in [0.15, 0.2) is 0 Å². The zero-order valence-corrected chi connectivity index (χ0v) is 30.7. The number of carbonyl (C=O) groups excluding carboxylic acids is 2. The van der Waals surface area contributed by atoms with Crippen LogP contribution < -0.4 is 0 Å². The molecule has 45 heavy (non-hydrogen) atoms. The minimum Gasteiger partial charge on any atom is -0.462 e. The Morgan fingerprint density at radius 1 is 0.444 bits per heavy atom. The summed E-state index contributed by atoms with van der Waals surface area (Å²) >= 11 is 0. The lowest BCUT2D eigenvalue weighted by molar-refractivity contribution is -0.161. The number of aliphatic hydroxyl groups excluding tert-OH is 1. The van der Waals surface area contributed by atoms with E-state index in [9.17, 15) is 14.7 Å². The van der Waals surface area contributed by atoms with E-state index >= 15 is 0 Å². The van der Waals surface area contributed by atoms with Gasteiger partial charge in [0.2, 0.25) is 0 Å². The number of hydrogen-bond acceptors (Lipinski definition) is 5. The van der Waals surface area contributed by atoms with E-state index in [-0.39, 0.29) is 25.2 Å². The largest absolute Gasteiger partial charge is 0.462 e. The highest BCUT2D eigenvalue weighted by Crippen LogP contribution is 2.16. The van der Waals surface area contributed by atoms with Crippen molar-refractivity contribution in [3.8, 4) is 0 Å². The smallest absolute Gasteiger partial charge is 0.306 e. The Kier molecular flexibility index (Phi) is 33.4. The molecule has 0 aliphatic carbocycles. The van der Waals surface area contributed by atoms with Gasteiger partial charge in [0.25, 0.3) is 0 Å². The van der Waals surface area contributed by atoms with Crippen LogP contribution in [0.2, 0.25) is 0 Å². The summed E-state index contributed by atoms with van der Waals surface area (Å²) in [5.74, 6) is 1.11. The summed E-state index contributed by atoms with van der Waals surface area (Å²) in [5, 5.41) is 9.55. The number of esters is 2. The van der Waals surface area contributed by atoms with Gasteiger partial charge in [0.05, 0.1) is 6.61 Å². The molecule has 0 amide bonds. The van der Waals surface area contributed by atoms with Gasteiger partial charge in [-0.3, -0.25) is 9.59 Å². The first-order valence-electron chi connectivity index (χ1n) is 19.8. The summed E-state index contributed by atoms with van der Waals surface area (Å²) in [4.78, 5) is 24.2. The molecule has 0 fully saturated rings. The lowest BCUT2D eigenvalue weighted by Crippen LogP contribution is -2.28. The van der Waals surface area contributed by atoms with Gasteiger partial charge in [0.15, 0.2) is 6.10 Å².